The summed E-state index contributed by atoms with van der Waals surface area (Å²) >= 11 is 0. The topological polar surface area (TPSA) is 87.1 Å². The molecule has 1 aromatic carbocycles. The molecule has 1 N–H and O–H groups in total. The van der Waals surface area contributed by atoms with Crippen molar-refractivity contribution in [1.82, 2.24) is 5.32 Å². The molecule has 0 heterocycles. The number of hydrogen-bond acceptors (Lipinski definition) is 4. The number of methoxy groups -OCH3 is 1. The van der Waals surface area contributed by atoms with Gasteiger partial charge in [-0.15, -0.1) is 0 Å². The standard InChI is InChI=1S/C12H14F2N4O2/c1-12(11(19)20-2,16-6-7-17-18-15)10-8(13)4-3-5-9(10)14/h3-5,16H,6-7H2,1-2H3. The van der Waals surface area contributed by atoms with Crippen LogP contribution in [0.1, 0.15) is 12.5 Å². The van der Waals surface area contributed by atoms with Gasteiger partial charge in [-0.2, -0.15) is 0 Å². The number of benzene rings is 1. The zero-order valence-corrected chi connectivity index (χ0v) is 11.1. The highest BCUT2D eigenvalue weighted by molar-refractivity contribution is 5.82. The minimum Gasteiger partial charge on any atom is -0.467 e. The van der Waals surface area contributed by atoms with Gasteiger partial charge < -0.3 is 4.74 Å². The van der Waals surface area contributed by atoms with Crippen molar-refractivity contribution in [3.05, 3.63) is 45.8 Å². The largest absolute Gasteiger partial charge is 0.467 e. The molecule has 1 aromatic rings. The third-order valence-corrected chi connectivity index (χ3v) is 2.81. The minimum absolute atomic E-state index is 0.0269. The van der Waals surface area contributed by atoms with E-state index >= 15 is 0 Å². The van der Waals surface area contributed by atoms with E-state index in [1.807, 2.05) is 0 Å². The van der Waals surface area contributed by atoms with Gasteiger partial charge >= 0.3 is 5.97 Å². The first-order chi connectivity index (χ1) is 9.47. The Labute approximate surface area is 114 Å². The first-order valence-corrected chi connectivity index (χ1v) is 5.76. The molecule has 6 nitrogen and oxygen atoms in total. The van der Waals surface area contributed by atoms with Crippen LogP contribution in [0.25, 0.3) is 10.4 Å². The fraction of sp³-hybridized carbons (Fsp3) is 0.417. The van der Waals surface area contributed by atoms with Gasteiger partial charge in [0.05, 0.1) is 12.7 Å². The Bertz CT molecular complexity index is 526. The molecular formula is C12H14F2N4O2. The molecule has 0 aliphatic rings. The number of halogens is 2. The summed E-state index contributed by atoms with van der Waals surface area (Å²) in [6, 6.07) is 3.30. The number of nitrogens with one attached hydrogen (secondary N) is 1. The van der Waals surface area contributed by atoms with Crippen LogP contribution in [0.3, 0.4) is 0 Å². The maximum atomic E-state index is 13.8. The summed E-state index contributed by atoms with van der Waals surface area (Å²) in [5.74, 6) is -2.58. The monoisotopic (exact) mass is 284 g/mol. The summed E-state index contributed by atoms with van der Waals surface area (Å²) in [6.07, 6.45) is 0. The lowest BCUT2D eigenvalue weighted by atomic mass is 9.90. The summed E-state index contributed by atoms with van der Waals surface area (Å²) in [4.78, 5) is 14.4. The Morgan fingerprint density at radius 3 is 2.60 bits per heavy atom. The number of azide groups is 1. The summed E-state index contributed by atoms with van der Waals surface area (Å²) in [5, 5.41) is 5.94. The van der Waals surface area contributed by atoms with Crippen LogP contribution < -0.4 is 5.32 Å². The average molecular weight is 284 g/mol. The number of ether oxygens (including phenoxy) is 1. The Morgan fingerprint density at radius 2 is 2.10 bits per heavy atom. The van der Waals surface area contributed by atoms with E-state index in [1.165, 1.54) is 13.0 Å². The normalized spacial score (nSPS) is 13.2. The smallest absolute Gasteiger partial charge is 0.330 e. The fourth-order valence-electron chi connectivity index (χ4n) is 1.84. The second kappa shape index (κ2) is 6.83. The van der Waals surface area contributed by atoms with Gasteiger partial charge in [0, 0.05) is 18.0 Å². The molecule has 0 fully saturated rings. The molecule has 0 amide bonds. The van der Waals surface area contributed by atoms with Gasteiger partial charge in [-0.25, -0.2) is 13.6 Å². The Balaban J connectivity index is 3.17. The van der Waals surface area contributed by atoms with Gasteiger partial charge in [-0.3, -0.25) is 5.32 Å². The number of esters is 1. The molecule has 0 spiro atoms. The first-order valence-electron chi connectivity index (χ1n) is 5.76. The summed E-state index contributed by atoms with van der Waals surface area (Å²) < 4.78 is 32.3. The van der Waals surface area contributed by atoms with Crippen molar-refractivity contribution < 1.29 is 18.3 Å². The molecule has 1 rings (SSSR count). The van der Waals surface area contributed by atoms with Crippen LogP contribution in [-0.2, 0) is 15.1 Å². The molecular weight excluding hydrogens is 270 g/mol. The van der Waals surface area contributed by atoms with Crippen molar-refractivity contribution >= 4 is 5.97 Å². The SMILES string of the molecule is COC(=O)C(C)(NCCN=[N+]=[N-])c1c(F)cccc1F. The van der Waals surface area contributed by atoms with E-state index in [0.717, 1.165) is 19.2 Å². The third-order valence-electron chi connectivity index (χ3n) is 2.81. The van der Waals surface area contributed by atoms with Gasteiger partial charge in [0.2, 0.25) is 0 Å². The highest BCUT2D eigenvalue weighted by Crippen LogP contribution is 2.27. The Kier molecular flexibility index (Phi) is 5.42. The zero-order valence-electron chi connectivity index (χ0n) is 11.1. The van der Waals surface area contributed by atoms with Crippen molar-refractivity contribution in [3.63, 3.8) is 0 Å². The number of nitrogens with zero attached hydrogens (tertiary/aromatic N) is 3. The molecule has 108 valence electrons. The van der Waals surface area contributed by atoms with E-state index in [-0.39, 0.29) is 13.1 Å². The quantitative estimate of drug-likeness (QED) is 0.286. The molecule has 0 saturated carbocycles. The third kappa shape index (κ3) is 3.23. The second-order valence-electron chi connectivity index (χ2n) is 4.09. The van der Waals surface area contributed by atoms with Crippen molar-refractivity contribution in [3.8, 4) is 0 Å². The van der Waals surface area contributed by atoms with Gasteiger partial charge in [-0.05, 0) is 24.6 Å². The maximum absolute atomic E-state index is 13.8. The lowest BCUT2D eigenvalue weighted by Gasteiger charge is -2.29. The van der Waals surface area contributed by atoms with E-state index < -0.39 is 28.7 Å². The van der Waals surface area contributed by atoms with Gasteiger partial charge in [0.15, 0.2) is 0 Å². The fourth-order valence-corrected chi connectivity index (χ4v) is 1.84. The molecule has 0 bridgehead atoms. The molecule has 8 heteroatoms. The molecule has 20 heavy (non-hydrogen) atoms. The number of hydrogen-bond donors (Lipinski definition) is 1. The van der Waals surface area contributed by atoms with Crippen molar-refractivity contribution in [1.29, 1.82) is 0 Å². The molecule has 0 aliphatic carbocycles. The summed E-state index contributed by atoms with van der Waals surface area (Å²) in [6.45, 7) is 1.39. The lowest BCUT2D eigenvalue weighted by Crippen LogP contribution is -2.49. The van der Waals surface area contributed by atoms with Crippen molar-refractivity contribution in [2.75, 3.05) is 20.2 Å². The van der Waals surface area contributed by atoms with Crippen molar-refractivity contribution in [2.45, 2.75) is 12.5 Å². The van der Waals surface area contributed by atoms with Crippen LogP contribution in [0, 0.1) is 11.6 Å². The molecule has 1 atom stereocenters. The van der Waals surface area contributed by atoms with Crippen molar-refractivity contribution in [2.24, 2.45) is 5.11 Å². The molecule has 1 unspecified atom stereocenters. The van der Waals surface area contributed by atoms with Crippen LogP contribution >= 0.6 is 0 Å². The van der Waals surface area contributed by atoms with E-state index in [0.29, 0.717) is 0 Å². The maximum Gasteiger partial charge on any atom is 0.330 e. The minimum atomic E-state index is -1.71. The first kappa shape index (κ1) is 15.9. The van der Waals surface area contributed by atoms with E-state index in [9.17, 15) is 13.6 Å². The zero-order chi connectivity index (χ0) is 15.2. The van der Waals surface area contributed by atoms with Crippen LogP contribution in [0.2, 0.25) is 0 Å². The highest BCUT2D eigenvalue weighted by Gasteiger charge is 2.40. The van der Waals surface area contributed by atoms with Crippen LogP contribution in [0.15, 0.2) is 23.3 Å². The Morgan fingerprint density at radius 1 is 1.50 bits per heavy atom. The van der Waals surface area contributed by atoms with E-state index in [2.05, 4.69) is 20.1 Å². The molecule has 0 saturated heterocycles. The summed E-state index contributed by atoms with van der Waals surface area (Å²) in [7, 11) is 1.12. The van der Waals surface area contributed by atoms with Gasteiger partial charge in [-0.1, -0.05) is 11.2 Å². The highest BCUT2D eigenvalue weighted by atomic mass is 19.1. The second-order valence-corrected chi connectivity index (χ2v) is 4.09. The van der Waals surface area contributed by atoms with E-state index in [4.69, 9.17) is 5.53 Å². The van der Waals surface area contributed by atoms with Gasteiger partial charge in [0.1, 0.15) is 17.2 Å². The Hall–Kier alpha value is -2.18. The summed E-state index contributed by atoms with van der Waals surface area (Å²) in [5.41, 5.74) is 6.02. The van der Waals surface area contributed by atoms with Crippen LogP contribution in [0.4, 0.5) is 8.78 Å². The van der Waals surface area contributed by atoms with Crippen LogP contribution in [0.5, 0.6) is 0 Å². The number of carbonyl (C=O) groups excluding carboxylic acids is 1. The van der Waals surface area contributed by atoms with Crippen LogP contribution in [-0.4, -0.2) is 26.2 Å². The lowest BCUT2D eigenvalue weighted by molar-refractivity contribution is -0.148. The predicted molar refractivity (Wildman–Crippen MR) is 67.7 cm³/mol. The molecule has 0 radical (unpaired) electrons. The van der Waals surface area contributed by atoms with Gasteiger partial charge in [0.25, 0.3) is 0 Å². The van der Waals surface area contributed by atoms with E-state index in [1.54, 1.807) is 0 Å². The number of rotatable bonds is 6. The molecule has 0 aliphatic heterocycles. The number of carbonyl (C=O) groups is 1. The predicted octanol–water partition coefficient (Wildman–Crippen LogP) is 2.25. The average Bonchev–Trinajstić information content (AvgIpc) is 2.42. The molecule has 0 aromatic heterocycles.